The SMILES string of the molecule is CCNC(=O)CCNCc1cnc(C)s1. The molecule has 0 atom stereocenters. The summed E-state index contributed by atoms with van der Waals surface area (Å²) in [5, 5.41) is 7.05. The van der Waals surface area contributed by atoms with Crippen molar-refractivity contribution in [2.45, 2.75) is 26.8 Å². The molecule has 0 saturated carbocycles. The molecule has 15 heavy (non-hydrogen) atoms. The van der Waals surface area contributed by atoms with Crippen molar-refractivity contribution < 1.29 is 4.79 Å². The number of rotatable bonds is 6. The number of carbonyl (C=O) groups excluding carboxylic acids is 1. The number of carbonyl (C=O) groups is 1. The van der Waals surface area contributed by atoms with Gasteiger partial charge in [-0.3, -0.25) is 4.79 Å². The summed E-state index contributed by atoms with van der Waals surface area (Å²) in [7, 11) is 0. The Labute approximate surface area is 94.1 Å². The van der Waals surface area contributed by atoms with E-state index in [0.717, 1.165) is 11.6 Å². The lowest BCUT2D eigenvalue weighted by Gasteiger charge is -2.02. The topological polar surface area (TPSA) is 54.0 Å². The summed E-state index contributed by atoms with van der Waals surface area (Å²) < 4.78 is 0. The second kappa shape index (κ2) is 6.53. The Hall–Kier alpha value is -0.940. The summed E-state index contributed by atoms with van der Waals surface area (Å²) in [5.41, 5.74) is 0. The van der Waals surface area contributed by atoms with E-state index >= 15 is 0 Å². The summed E-state index contributed by atoms with van der Waals surface area (Å²) in [6.45, 7) is 6.12. The first-order valence-electron chi connectivity index (χ1n) is 5.11. The predicted octanol–water partition coefficient (Wildman–Crippen LogP) is 1.07. The second-order valence-corrected chi connectivity index (χ2v) is 4.55. The van der Waals surface area contributed by atoms with Gasteiger partial charge in [0.05, 0.1) is 5.01 Å². The van der Waals surface area contributed by atoms with Crippen molar-refractivity contribution in [2.24, 2.45) is 0 Å². The van der Waals surface area contributed by atoms with Crippen LogP contribution >= 0.6 is 11.3 Å². The van der Waals surface area contributed by atoms with Gasteiger partial charge in [-0.15, -0.1) is 11.3 Å². The molecule has 1 rings (SSSR count). The van der Waals surface area contributed by atoms with E-state index in [4.69, 9.17) is 0 Å². The van der Waals surface area contributed by atoms with E-state index < -0.39 is 0 Å². The monoisotopic (exact) mass is 227 g/mol. The van der Waals surface area contributed by atoms with Gasteiger partial charge in [-0.2, -0.15) is 0 Å². The fourth-order valence-electron chi connectivity index (χ4n) is 1.19. The predicted molar refractivity (Wildman–Crippen MR) is 61.9 cm³/mol. The average molecular weight is 227 g/mol. The van der Waals surface area contributed by atoms with E-state index in [9.17, 15) is 4.79 Å². The van der Waals surface area contributed by atoms with Gasteiger partial charge >= 0.3 is 0 Å². The van der Waals surface area contributed by atoms with E-state index in [1.54, 1.807) is 11.3 Å². The molecule has 0 unspecified atom stereocenters. The van der Waals surface area contributed by atoms with E-state index in [-0.39, 0.29) is 5.91 Å². The van der Waals surface area contributed by atoms with Gasteiger partial charge in [0.2, 0.25) is 5.91 Å². The summed E-state index contributed by atoms with van der Waals surface area (Å²) in [6, 6.07) is 0. The number of hydrogen-bond acceptors (Lipinski definition) is 4. The number of nitrogens with one attached hydrogen (secondary N) is 2. The molecular formula is C10H17N3OS. The van der Waals surface area contributed by atoms with Crippen LogP contribution in [0.25, 0.3) is 0 Å². The van der Waals surface area contributed by atoms with Crippen LogP contribution in [0.4, 0.5) is 0 Å². The van der Waals surface area contributed by atoms with Crippen LogP contribution in [-0.2, 0) is 11.3 Å². The molecule has 2 N–H and O–H groups in total. The number of thiazole rings is 1. The number of hydrogen-bond donors (Lipinski definition) is 2. The van der Waals surface area contributed by atoms with Gasteiger partial charge in [0.1, 0.15) is 0 Å². The molecule has 1 aromatic rings. The maximum atomic E-state index is 11.1. The Morgan fingerprint density at radius 1 is 1.60 bits per heavy atom. The molecule has 1 aromatic heterocycles. The number of nitrogens with zero attached hydrogens (tertiary/aromatic N) is 1. The van der Waals surface area contributed by atoms with Gasteiger partial charge < -0.3 is 10.6 Å². The zero-order valence-electron chi connectivity index (χ0n) is 9.17. The molecule has 4 nitrogen and oxygen atoms in total. The minimum atomic E-state index is 0.102. The number of aromatic nitrogens is 1. The maximum absolute atomic E-state index is 11.1. The third-order valence-corrected chi connectivity index (χ3v) is 2.78. The molecule has 1 heterocycles. The van der Waals surface area contributed by atoms with Crippen molar-refractivity contribution in [2.75, 3.05) is 13.1 Å². The largest absolute Gasteiger partial charge is 0.356 e. The summed E-state index contributed by atoms with van der Waals surface area (Å²) in [6.07, 6.45) is 2.41. The molecular weight excluding hydrogens is 210 g/mol. The van der Waals surface area contributed by atoms with Crippen LogP contribution in [0.2, 0.25) is 0 Å². The van der Waals surface area contributed by atoms with Crippen molar-refractivity contribution >= 4 is 17.2 Å². The van der Waals surface area contributed by atoms with Crippen molar-refractivity contribution in [3.8, 4) is 0 Å². The highest BCUT2D eigenvalue weighted by Gasteiger charge is 2.00. The number of aryl methyl sites for hydroxylation is 1. The zero-order valence-corrected chi connectivity index (χ0v) is 9.99. The van der Waals surface area contributed by atoms with Crippen LogP contribution < -0.4 is 10.6 Å². The Morgan fingerprint density at radius 2 is 2.40 bits per heavy atom. The summed E-state index contributed by atoms with van der Waals surface area (Å²) in [5.74, 6) is 0.102. The Kier molecular flexibility index (Phi) is 5.28. The van der Waals surface area contributed by atoms with E-state index in [1.165, 1.54) is 4.88 Å². The van der Waals surface area contributed by atoms with E-state index in [1.807, 2.05) is 20.0 Å². The van der Waals surface area contributed by atoms with Crippen molar-refractivity contribution in [3.05, 3.63) is 16.1 Å². The van der Waals surface area contributed by atoms with E-state index in [2.05, 4.69) is 15.6 Å². The summed E-state index contributed by atoms with van der Waals surface area (Å²) in [4.78, 5) is 16.5. The molecule has 0 bridgehead atoms. The first-order valence-corrected chi connectivity index (χ1v) is 5.92. The summed E-state index contributed by atoms with van der Waals surface area (Å²) >= 11 is 1.68. The van der Waals surface area contributed by atoms with Crippen molar-refractivity contribution in [1.29, 1.82) is 0 Å². The van der Waals surface area contributed by atoms with Crippen LogP contribution in [0.5, 0.6) is 0 Å². The standard InChI is InChI=1S/C10H17N3OS/c1-3-12-10(14)4-5-11-6-9-7-13-8(2)15-9/h7,11H,3-6H2,1-2H3,(H,12,14). The number of amides is 1. The molecule has 0 aliphatic rings. The third-order valence-electron chi connectivity index (χ3n) is 1.87. The lowest BCUT2D eigenvalue weighted by molar-refractivity contribution is -0.120. The van der Waals surface area contributed by atoms with Crippen molar-refractivity contribution in [3.63, 3.8) is 0 Å². The smallest absolute Gasteiger partial charge is 0.221 e. The van der Waals surface area contributed by atoms with Crippen LogP contribution in [0.1, 0.15) is 23.2 Å². The van der Waals surface area contributed by atoms with Gasteiger partial charge in [-0.25, -0.2) is 4.98 Å². The zero-order chi connectivity index (χ0) is 11.1. The molecule has 1 amide bonds. The van der Waals surface area contributed by atoms with Crippen LogP contribution in [0, 0.1) is 6.92 Å². The minimum Gasteiger partial charge on any atom is -0.356 e. The maximum Gasteiger partial charge on any atom is 0.221 e. The molecule has 0 fully saturated rings. The molecule has 84 valence electrons. The van der Waals surface area contributed by atoms with Gasteiger partial charge in [-0.05, 0) is 13.8 Å². The quantitative estimate of drug-likeness (QED) is 0.715. The van der Waals surface area contributed by atoms with Crippen molar-refractivity contribution in [1.82, 2.24) is 15.6 Å². The Balaban J connectivity index is 2.09. The normalized spacial score (nSPS) is 10.3. The lowest BCUT2D eigenvalue weighted by Crippen LogP contribution is -2.27. The highest BCUT2D eigenvalue weighted by Crippen LogP contribution is 2.10. The Bertz CT molecular complexity index is 311. The van der Waals surface area contributed by atoms with Gasteiger partial charge in [0, 0.05) is 37.1 Å². The molecule has 5 heteroatoms. The first-order chi connectivity index (χ1) is 7.22. The molecule has 0 saturated heterocycles. The van der Waals surface area contributed by atoms with Crippen LogP contribution in [-0.4, -0.2) is 24.0 Å². The first kappa shape index (κ1) is 12.1. The lowest BCUT2D eigenvalue weighted by atomic mass is 10.4. The third kappa shape index (κ3) is 4.90. The molecule has 0 radical (unpaired) electrons. The fraction of sp³-hybridized carbons (Fsp3) is 0.600. The molecule has 0 spiro atoms. The second-order valence-electron chi connectivity index (χ2n) is 3.23. The highest BCUT2D eigenvalue weighted by atomic mass is 32.1. The molecule has 0 aromatic carbocycles. The minimum absolute atomic E-state index is 0.102. The van der Waals surface area contributed by atoms with Gasteiger partial charge in [0.15, 0.2) is 0 Å². The highest BCUT2D eigenvalue weighted by molar-refractivity contribution is 7.11. The average Bonchev–Trinajstić information content (AvgIpc) is 2.60. The Morgan fingerprint density at radius 3 is 3.00 bits per heavy atom. The van der Waals surface area contributed by atoms with Gasteiger partial charge in [0.25, 0.3) is 0 Å². The van der Waals surface area contributed by atoms with Gasteiger partial charge in [-0.1, -0.05) is 0 Å². The van der Waals surface area contributed by atoms with Crippen LogP contribution in [0.15, 0.2) is 6.20 Å². The molecule has 0 aliphatic heterocycles. The van der Waals surface area contributed by atoms with Crippen LogP contribution in [0.3, 0.4) is 0 Å². The van der Waals surface area contributed by atoms with E-state index in [0.29, 0.717) is 19.5 Å². The fourth-order valence-corrected chi connectivity index (χ4v) is 1.95. The molecule has 0 aliphatic carbocycles.